The molecule has 0 atom stereocenters. The molecule has 1 N–H and O–H groups in total. The van der Waals surface area contributed by atoms with Gasteiger partial charge in [-0.15, -0.1) is 0 Å². The summed E-state index contributed by atoms with van der Waals surface area (Å²) in [6.45, 7) is 12.6. The Morgan fingerprint density at radius 2 is 1.80 bits per heavy atom. The fourth-order valence-electron chi connectivity index (χ4n) is 4.48. The van der Waals surface area contributed by atoms with Crippen LogP contribution in [-0.2, 0) is 11.3 Å². The van der Waals surface area contributed by atoms with E-state index in [-0.39, 0.29) is 0 Å². The molecule has 1 aromatic rings. The number of hydrogen-bond acceptors (Lipinski definition) is 3. The summed E-state index contributed by atoms with van der Waals surface area (Å²) < 4.78 is 5.49. The van der Waals surface area contributed by atoms with E-state index < -0.39 is 0 Å². The molecule has 1 aromatic carbocycles. The lowest BCUT2D eigenvalue weighted by molar-refractivity contribution is 0.0625. The number of rotatable bonds is 8. The maximum Gasteiger partial charge on any atom is 0.193 e. The zero-order valence-electron chi connectivity index (χ0n) is 19.4. The summed E-state index contributed by atoms with van der Waals surface area (Å²) in [6.07, 6.45) is 6.16. The second-order valence-corrected chi connectivity index (χ2v) is 9.17. The van der Waals surface area contributed by atoms with Crippen LogP contribution in [0.5, 0.6) is 0 Å². The molecule has 2 heterocycles. The van der Waals surface area contributed by atoms with Crippen LogP contribution in [0.25, 0.3) is 0 Å². The number of nitrogens with one attached hydrogen (secondary N) is 1. The van der Waals surface area contributed by atoms with E-state index in [1.165, 1.54) is 56.3 Å². The van der Waals surface area contributed by atoms with Crippen LogP contribution in [0.4, 0.5) is 0 Å². The normalized spacial score (nSPS) is 19.8. The molecule has 0 spiro atoms. The van der Waals surface area contributed by atoms with Crippen LogP contribution >= 0.6 is 0 Å². The summed E-state index contributed by atoms with van der Waals surface area (Å²) in [5, 5.41) is 3.50. The van der Waals surface area contributed by atoms with Gasteiger partial charge in [0, 0.05) is 46.4 Å². The molecule has 2 aliphatic rings. The lowest BCUT2D eigenvalue weighted by Gasteiger charge is -2.32. The summed E-state index contributed by atoms with van der Waals surface area (Å²) in [5.74, 6) is 2.59. The maximum absolute atomic E-state index is 5.49. The van der Waals surface area contributed by atoms with E-state index in [1.54, 1.807) is 0 Å². The smallest absolute Gasteiger partial charge is 0.193 e. The van der Waals surface area contributed by atoms with E-state index in [9.17, 15) is 0 Å². The fraction of sp³-hybridized carbons (Fsp3) is 0.720. The Morgan fingerprint density at radius 1 is 1.10 bits per heavy atom. The van der Waals surface area contributed by atoms with Gasteiger partial charge in [-0.2, -0.15) is 0 Å². The molecule has 5 nitrogen and oxygen atoms in total. The van der Waals surface area contributed by atoms with Crippen LogP contribution in [-0.4, -0.2) is 68.7 Å². The van der Waals surface area contributed by atoms with Crippen molar-refractivity contribution in [3.05, 3.63) is 35.4 Å². The first kappa shape index (κ1) is 23.1. The second-order valence-electron chi connectivity index (χ2n) is 9.17. The zero-order chi connectivity index (χ0) is 21.2. The first-order chi connectivity index (χ1) is 14.6. The quantitative estimate of drug-likeness (QED) is 0.517. The van der Waals surface area contributed by atoms with Gasteiger partial charge in [-0.25, -0.2) is 0 Å². The highest BCUT2D eigenvalue weighted by Gasteiger charge is 2.20. The Hall–Kier alpha value is -1.59. The molecular weight excluding hydrogens is 372 g/mol. The van der Waals surface area contributed by atoms with Gasteiger partial charge >= 0.3 is 0 Å². The largest absolute Gasteiger partial charge is 0.381 e. The van der Waals surface area contributed by atoms with Crippen molar-refractivity contribution in [2.45, 2.75) is 52.5 Å². The van der Waals surface area contributed by atoms with E-state index in [2.05, 4.69) is 60.3 Å². The SMILES string of the molecule is CCNC(=NCC1CCN(Cc2ccc(C)cc2)CC1)N(C)CCC1CCOCC1. The highest BCUT2D eigenvalue weighted by atomic mass is 16.5. The van der Waals surface area contributed by atoms with Crippen molar-refractivity contribution in [2.24, 2.45) is 16.8 Å². The van der Waals surface area contributed by atoms with E-state index in [0.29, 0.717) is 5.92 Å². The number of ether oxygens (including phenoxy) is 1. The van der Waals surface area contributed by atoms with Crippen molar-refractivity contribution >= 4 is 5.96 Å². The van der Waals surface area contributed by atoms with Gasteiger partial charge in [-0.3, -0.25) is 9.89 Å². The van der Waals surface area contributed by atoms with Crippen LogP contribution < -0.4 is 5.32 Å². The number of likely N-dealkylation sites (tertiary alicyclic amines) is 1. The molecule has 3 rings (SSSR count). The Balaban J connectivity index is 1.41. The molecule has 0 unspecified atom stereocenters. The first-order valence-corrected chi connectivity index (χ1v) is 12.0. The molecule has 2 aliphatic heterocycles. The number of piperidine rings is 1. The number of guanidine groups is 1. The Morgan fingerprint density at radius 3 is 2.47 bits per heavy atom. The third-order valence-electron chi connectivity index (χ3n) is 6.64. The van der Waals surface area contributed by atoms with Crippen LogP contribution in [0, 0.1) is 18.8 Å². The van der Waals surface area contributed by atoms with Crippen LogP contribution in [0.3, 0.4) is 0 Å². The minimum absolute atomic E-state index is 0.705. The van der Waals surface area contributed by atoms with Gasteiger partial charge in [0.15, 0.2) is 5.96 Å². The average Bonchev–Trinajstić information content (AvgIpc) is 2.78. The van der Waals surface area contributed by atoms with Crippen molar-refractivity contribution in [2.75, 3.05) is 53.0 Å². The van der Waals surface area contributed by atoms with Crippen molar-refractivity contribution < 1.29 is 4.74 Å². The lowest BCUT2D eigenvalue weighted by atomic mass is 9.96. The van der Waals surface area contributed by atoms with Gasteiger partial charge in [0.1, 0.15) is 0 Å². The van der Waals surface area contributed by atoms with Gasteiger partial charge in [-0.1, -0.05) is 29.8 Å². The van der Waals surface area contributed by atoms with E-state index in [4.69, 9.17) is 9.73 Å². The second kappa shape index (κ2) is 12.3. The van der Waals surface area contributed by atoms with Crippen LogP contribution in [0.2, 0.25) is 0 Å². The molecule has 30 heavy (non-hydrogen) atoms. The van der Waals surface area contributed by atoms with Gasteiger partial charge in [-0.05, 0) is 76.4 Å². The standard InChI is InChI=1S/C25H42N4O/c1-4-26-25(28(3)14-9-22-12-17-30-18-13-22)27-19-23-10-15-29(16-11-23)20-24-7-5-21(2)6-8-24/h5-8,22-23H,4,9-20H2,1-3H3,(H,26,27). The van der Waals surface area contributed by atoms with Gasteiger partial charge in [0.2, 0.25) is 0 Å². The van der Waals surface area contributed by atoms with Crippen LogP contribution in [0.15, 0.2) is 29.3 Å². The average molecular weight is 415 g/mol. The molecule has 2 fully saturated rings. The zero-order valence-corrected chi connectivity index (χ0v) is 19.4. The monoisotopic (exact) mass is 414 g/mol. The summed E-state index contributed by atoms with van der Waals surface area (Å²) in [7, 11) is 2.19. The maximum atomic E-state index is 5.49. The predicted molar refractivity (Wildman–Crippen MR) is 126 cm³/mol. The molecule has 0 radical (unpaired) electrons. The summed E-state index contributed by atoms with van der Waals surface area (Å²) >= 11 is 0. The van der Waals surface area contributed by atoms with Gasteiger partial charge in [0.25, 0.3) is 0 Å². The summed E-state index contributed by atoms with van der Waals surface area (Å²) in [6, 6.07) is 8.98. The molecule has 168 valence electrons. The number of aliphatic imine (C=N–C) groups is 1. The lowest BCUT2D eigenvalue weighted by Crippen LogP contribution is -2.41. The Labute approximate surface area is 183 Å². The van der Waals surface area contributed by atoms with Crippen molar-refractivity contribution in [3.8, 4) is 0 Å². The molecule has 0 saturated carbocycles. The minimum atomic E-state index is 0.705. The molecule has 0 amide bonds. The van der Waals surface area contributed by atoms with E-state index in [0.717, 1.165) is 51.3 Å². The first-order valence-electron chi connectivity index (χ1n) is 12.0. The molecular formula is C25H42N4O. The van der Waals surface area contributed by atoms with Crippen molar-refractivity contribution in [1.82, 2.24) is 15.1 Å². The Kier molecular flexibility index (Phi) is 9.47. The van der Waals surface area contributed by atoms with E-state index >= 15 is 0 Å². The number of aryl methyl sites for hydroxylation is 1. The number of hydrogen-bond donors (Lipinski definition) is 1. The van der Waals surface area contributed by atoms with E-state index in [1.807, 2.05) is 0 Å². The summed E-state index contributed by atoms with van der Waals surface area (Å²) in [5.41, 5.74) is 2.77. The Bertz CT molecular complexity index is 631. The third kappa shape index (κ3) is 7.59. The molecule has 2 saturated heterocycles. The molecule has 0 bridgehead atoms. The number of nitrogens with zero attached hydrogens (tertiary/aromatic N) is 3. The molecule has 5 heteroatoms. The van der Waals surface area contributed by atoms with Crippen molar-refractivity contribution in [1.29, 1.82) is 0 Å². The number of benzene rings is 1. The highest BCUT2D eigenvalue weighted by Crippen LogP contribution is 2.20. The highest BCUT2D eigenvalue weighted by molar-refractivity contribution is 5.79. The predicted octanol–water partition coefficient (Wildman–Crippen LogP) is 3.92. The fourth-order valence-corrected chi connectivity index (χ4v) is 4.48. The molecule has 0 aliphatic carbocycles. The van der Waals surface area contributed by atoms with Gasteiger partial charge < -0.3 is 15.0 Å². The minimum Gasteiger partial charge on any atom is -0.381 e. The summed E-state index contributed by atoms with van der Waals surface area (Å²) in [4.78, 5) is 9.93. The van der Waals surface area contributed by atoms with Crippen molar-refractivity contribution in [3.63, 3.8) is 0 Å². The topological polar surface area (TPSA) is 40.1 Å². The molecule has 0 aromatic heterocycles. The van der Waals surface area contributed by atoms with Gasteiger partial charge in [0.05, 0.1) is 0 Å². The third-order valence-corrected chi connectivity index (χ3v) is 6.64. The van der Waals surface area contributed by atoms with Crippen LogP contribution in [0.1, 0.15) is 50.2 Å².